The van der Waals surface area contributed by atoms with Gasteiger partial charge in [0.1, 0.15) is 12.2 Å². The summed E-state index contributed by atoms with van der Waals surface area (Å²) < 4.78 is 22.0. The zero-order chi connectivity index (χ0) is 38.0. The molecule has 3 rings (SSSR count). The maximum Gasteiger partial charge on any atom is 0.407 e. The van der Waals surface area contributed by atoms with E-state index in [1.54, 1.807) is 6.92 Å². The van der Waals surface area contributed by atoms with Gasteiger partial charge in [0.15, 0.2) is 6.10 Å². The third kappa shape index (κ3) is 9.07. The molecule has 15 heteroatoms. The van der Waals surface area contributed by atoms with Gasteiger partial charge in [-0.1, -0.05) is 95.7 Å². The molecule has 1 aromatic rings. The number of amides is 1. The number of nitrogens with one attached hydrogen (secondary N) is 1. The first-order valence-electron chi connectivity index (χ1n) is 17.4. The standard InChI is InChI=1S/C36H51NO14/c1-5-6-7-8-9-10-11-15-20-37-33(46)49-28-27(39)34(50-29(30(40)41)35(47,31(42)43)36(28,51-34)32(44)45)19-18-22(2)26(48-24(4)38)23(3)21-25-16-13-12-14-17-25/h12-14,16-17,23,26-29,39,47H,2,5-11,15,18-21H2,1,3-4H3,(H,37,46)(H,40,41)(H,42,43)(H,44,45)/t23-,26-,27-,28-,29-,34+,35-,36+/m1/s1. The maximum atomic E-state index is 13.0. The molecule has 51 heavy (non-hydrogen) atoms. The maximum absolute atomic E-state index is 13.0. The van der Waals surface area contributed by atoms with Crippen molar-refractivity contribution in [1.29, 1.82) is 0 Å². The second-order valence-corrected chi connectivity index (χ2v) is 13.4. The highest BCUT2D eigenvalue weighted by Gasteiger charge is 2.85. The van der Waals surface area contributed by atoms with Gasteiger partial charge in [-0.3, -0.25) is 4.79 Å². The Hall–Kier alpha value is -4.05. The summed E-state index contributed by atoms with van der Waals surface area (Å²) in [7, 11) is 0. The van der Waals surface area contributed by atoms with Crippen molar-refractivity contribution in [1.82, 2.24) is 5.32 Å². The highest BCUT2D eigenvalue weighted by Crippen LogP contribution is 2.55. The van der Waals surface area contributed by atoms with Gasteiger partial charge in [0.25, 0.3) is 5.60 Å². The first-order chi connectivity index (χ1) is 24.1. The number of carboxylic acids is 3. The lowest BCUT2D eigenvalue weighted by Gasteiger charge is -2.48. The van der Waals surface area contributed by atoms with Crippen LogP contribution in [0.3, 0.4) is 0 Å². The van der Waals surface area contributed by atoms with Crippen LogP contribution in [0.25, 0.3) is 0 Å². The van der Waals surface area contributed by atoms with Crippen molar-refractivity contribution in [2.75, 3.05) is 6.54 Å². The molecular weight excluding hydrogens is 670 g/mol. The van der Waals surface area contributed by atoms with Crippen LogP contribution in [0, 0.1) is 5.92 Å². The highest BCUT2D eigenvalue weighted by molar-refractivity contribution is 5.98. The third-order valence-electron chi connectivity index (χ3n) is 9.54. The Morgan fingerprint density at radius 2 is 1.57 bits per heavy atom. The number of ether oxygens (including phenoxy) is 4. The van der Waals surface area contributed by atoms with Gasteiger partial charge in [0, 0.05) is 25.8 Å². The molecule has 8 atom stereocenters. The summed E-state index contributed by atoms with van der Waals surface area (Å²) in [5, 5.41) is 56.0. The smallest absolute Gasteiger partial charge is 0.407 e. The minimum Gasteiger partial charge on any atom is -0.479 e. The number of hydrogen-bond acceptors (Lipinski definition) is 11. The summed E-state index contributed by atoms with van der Waals surface area (Å²) in [5.41, 5.74) is -6.26. The first-order valence-corrected chi connectivity index (χ1v) is 17.4. The third-order valence-corrected chi connectivity index (χ3v) is 9.54. The van der Waals surface area contributed by atoms with Crippen LogP contribution in [0.1, 0.15) is 90.5 Å². The van der Waals surface area contributed by atoms with Crippen LogP contribution in [-0.2, 0) is 44.5 Å². The number of aliphatic hydroxyl groups excluding tert-OH is 1. The number of unbranched alkanes of at least 4 members (excludes halogenated alkanes) is 7. The molecule has 2 bridgehead atoms. The molecule has 2 aliphatic rings. The molecule has 284 valence electrons. The molecule has 0 unspecified atom stereocenters. The van der Waals surface area contributed by atoms with Crippen LogP contribution in [-0.4, -0.2) is 103 Å². The Balaban J connectivity index is 1.87. The van der Waals surface area contributed by atoms with Crippen LogP contribution < -0.4 is 5.32 Å². The summed E-state index contributed by atoms with van der Waals surface area (Å²) in [5.74, 6) is -10.3. The average molecular weight is 722 g/mol. The first kappa shape index (κ1) is 41.4. The summed E-state index contributed by atoms with van der Waals surface area (Å²) in [6.45, 7) is 9.25. The Bertz CT molecular complexity index is 1400. The monoisotopic (exact) mass is 721 g/mol. The molecule has 2 heterocycles. The lowest BCUT2D eigenvalue weighted by Crippen LogP contribution is -2.78. The topological polar surface area (TPSA) is 235 Å². The van der Waals surface area contributed by atoms with E-state index in [-0.39, 0.29) is 24.5 Å². The summed E-state index contributed by atoms with van der Waals surface area (Å²) in [4.78, 5) is 62.9. The fourth-order valence-electron chi connectivity index (χ4n) is 6.90. The number of fused-ring (bicyclic) bond motifs is 2. The van der Waals surface area contributed by atoms with Crippen LogP contribution in [0.2, 0.25) is 0 Å². The number of esters is 1. The molecule has 0 aromatic heterocycles. The molecule has 0 spiro atoms. The van der Waals surface area contributed by atoms with Gasteiger partial charge in [0.05, 0.1) is 0 Å². The van der Waals surface area contributed by atoms with Crippen molar-refractivity contribution < 1.29 is 68.5 Å². The number of carbonyl (C=O) groups is 5. The van der Waals surface area contributed by atoms with Gasteiger partial charge < -0.3 is 49.8 Å². The summed E-state index contributed by atoms with van der Waals surface area (Å²) in [6.07, 6.45) is -2.32. The van der Waals surface area contributed by atoms with Crippen LogP contribution in [0.4, 0.5) is 4.79 Å². The molecule has 2 saturated heterocycles. The molecule has 1 amide bonds. The predicted octanol–water partition coefficient (Wildman–Crippen LogP) is 3.58. The number of carbonyl (C=O) groups excluding carboxylic acids is 2. The van der Waals surface area contributed by atoms with Gasteiger partial charge in [-0.2, -0.15) is 0 Å². The fourth-order valence-corrected chi connectivity index (χ4v) is 6.90. The molecule has 2 fully saturated rings. The van der Waals surface area contributed by atoms with Gasteiger partial charge in [0.2, 0.25) is 17.5 Å². The van der Waals surface area contributed by atoms with E-state index < -0.39 is 77.8 Å². The second-order valence-electron chi connectivity index (χ2n) is 13.4. The number of alkyl carbamates (subject to hydrolysis) is 1. The van der Waals surface area contributed by atoms with Crippen LogP contribution >= 0.6 is 0 Å². The lowest BCUT2D eigenvalue weighted by atomic mass is 9.74. The Kier molecular flexibility index (Phi) is 14.5. The Morgan fingerprint density at radius 3 is 2.12 bits per heavy atom. The van der Waals surface area contributed by atoms with Crippen molar-refractivity contribution in [3.8, 4) is 0 Å². The Labute approximate surface area is 296 Å². The van der Waals surface area contributed by atoms with E-state index in [9.17, 15) is 49.5 Å². The molecule has 15 nitrogen and oxygen atoms in total. The zero-order valence-corrected chi connectivity index (χ0v) is 29.4. The SMILES string of the molecule is C=C(CC[C@]12O[C@H](C(=O)O)[C@@](O)(C(=O)O)[C@](C(=O)O)(O1)[C@H](OC(=O)NCCCCCCCCCC)[C@H]2O)[C@@H](OC(C)=O)[C@H](C)Cc1ccccc1. The normalized spacial score (nSPS) is 27.9. The van der Waals surface area contributed by atoms with Gasteiger partial charge in [-0.15, -0.1) is 0 Å². The number of aliphatic hydroxyl groups is 2. The molecule has 2 aliphatic heterocycles. The molecule has 1 aromatic carbocycles. The minimum atomic E-state index is -3.89. The van der Waals surface area contributed by atoms with Crippen molar-refractivity contribution >= 4 is 30.0 Å². The lowest BCUT2D eigenvalue weighted by molar-refractivity contribution is -0.373. The van der Waals surface area contributed by atoms with Gasteiger partial charge in [-0.05, 0) is 30.4 Å². The van der Waals surface area contributed by atoms with Crippen molar-refractivity contribution in [3.63, 3.8) is 0 Å². The quantitative estimate of drug-likeness (QED) is 0.0605. The van der Waals surface area contributed by atoms with E-state index in [4.69, 9.17) is 18.9 Å². The van der Waals surface area contributed by atoms with E-state index in [2.05, 4.69) is 18.8 Å². The highest BCUT2D eigenvalue weighted by atomic mass is 16.8. The van der Waals surface area contributed by atoms with E-state index >= 15 is 0 Å². The van der Waals surface area contributed by atoms with E-state index in [1.807, 2.05) is 30.3 Å². The van der Waals surface area contributed by atoms with E-state index in [0.29, 0.717) is 12.8 Å². The van der Waals surface area contributed by atoms with E-state index in [0.717, 1.165) is 50.5 Å². The van der Waals surface area contributed by atoms with Crippen molar-refractivity contribution in [3.05, 3.63) is 48.0 Å². The van der Waals surface area contributed by atoms with Crippen molar-refractivity contribution in [2.24, 2.45) is 5.92 Å². The number of carboxylic acid groups (broad SMARTS) is 3. The fraction of sp³-hybridized carbons (Fsp3) is 0.639. The average Bonchev–Trinajstić information content (AvgIpc) is 3.29. The minimum absolute atomic E-state index is 0.0959. The zero-order valence-electron chi connectivity index (χ0n) is 29.4. The van der Waals surface area contributed by atoms with Crippen LogP contribution in [0.5, 0.6) is 0 Å². The van der Waals surface area contributed by atoms with Crippen LogP contribution in [0.15, 0.2) is 42.5 Å². The predicted molar refractivity (Wildman–Crippen MR) is 179 cm³/mol. The molecule has 6 N–H and O–H groups in total. The number of hydrogen-bond donors (Lipinski definition) is 6. The van der Waals surface area contributed by atoms with E-state index in [1.165, 1.54) is 6.92 Å². The number of rotatable bonds is 21. The van der Waals surface area contributed by atoms with Gasteiger partial charge >= 0.3 is 30.0 Å². The molecule has 0 saturated carbocycles. The van der Waals surface area contributed by atoms with Crippen molar-refractivity contribution in [2.45, 2.75) is 133 Å². The summed E-state index contributed by atoms with van der Waals surface area (Å²) in [6, 6.07) is 9.30. The Morgan fingerprint density at radius 1 is 0.961 bits per heavy atom. The second kappa shape index (κ2) is 17.9. The summed E-state index contributed by atoms with van der Waals surface area (Å²) >= 11 is 0. The van der Waals surface area contributed by atoms with Gasteiger partial charge in [-0.25, -0.2) is 19.2 Å². The molecular formula is C36H51NO14. The number of benzene rings is 1. The number of aliphatic carboxylic acids is 3. The molecule has 0 aliphatic carbocycles. The largest absolute Gasteiger partial charge is 0.479 e. The molecule has 0 radical (unpaired) electrons.